The maximum Gasteiger partial charge on any atom is 0.280 e. The topological polar surface area (TPSA) is 61.9 Å². The molecule has 2 heterocycles. The van der Waals surface area contributed by atoms with E-state index in [1.165, 1.54) is 16.9 Å². The molecule has 0 aliphatic heterocycles. The van der Waals surface area contributed by atoms with Crippen molar-refractivity contribution in [1.82, 2.24) is 15.2 Å². The first-order valence-electron chi connectivity index (χ1n) is 7.43. The number of amides is 1. The fourth-order valence-electron chi connectivity index (χ4n) is 2.30. The van der Waals surface area contributed by atoms with Crippen molar-refractivity contribution in [3.8, 4) is 0 Å². The van der Waals surface area contributed by atoms with Crippen LogP contribution in [0.3, 0.4) is 0 Å². The van der Waals surface area contributed by atoms with Crippen LogP contribution in [0.4, 0.5) is 5.13 Å². The van der Waals surface area contributed by atoms with Gasteiger partial charge in [0.1, 0.15) is 0 Å². The molecule has 0 atom stereocenters. The normalized spacial score (nSPS) is 10.7. The van der Waals surface area contributed by atoms with Crippen molar-refractivity contribution in [2.45, 2.75) is 20.3 Å². The summed E-state index contributed by atoms with van der Waals surface area (Å²) in [6, 6.07) is 11.9. The number of aryl methyl sites for hydroxylation is 2. The number of benzene rings is 1. The van der Waals surface area contributed by atoms with Crippen LogP contribution in [0.5, 0.6) is 0 Å². The van der Waals surface area contributed by atoms with E-state index < -0.39 is 0 Å². The lowest BCUT2D eigenvalue weighted by molar-refractivity contribution is 0.0982. The highest BCUT2D eigenvalue weighted by Gasteiger charge is 2.22. The number of aromatic amines is 1. The van der Waals surface area contributed by atoms with Crippen molar-refractivity contribution in [2.75, 3.05) is 11.4 Å². The van der Waals surface area contributed by atoms with Crippen molar-refractivity contribution in [3.05, 3.63) is 64.4 Å². The summed E-state index contributed by atoms with van der Waals surface area (Å²) < 4.78 is 0. The van der Waals surface area contributed by atoms with Crippen molar-refractivity contribution in [1.29, 1.82) is 0 Å². The Hall–Kier alpha value is -2.47. The van der Waals surface area contributed by atoms with Crippen molar-refractivity contribution >= 4 is 22.4 Å². The molecule has 23 heavy (non-hydrogen) atoms. The van der Waals surface area contributed by atoms with Crippen LogP contribution in [-0.2, 0) is 6.42 Å². The van der Waals surface area contributed by atoms with Gasteiger partial charge in [-0.3, -0.25) is 14.8 Å². The minimum Gasteiger partial charge on any atom is -0.282 e. The van der Waals surface area contributed by atoms with Gasteiger partial charge in [-0.25, -0.2) is 4.98 Å². The Kier molecular flexibility index (Phi) is 4.52. The predicted molar refractivity (Wildman–Crippen MR) is 92.0 cm³/mol. The monoisotopic (exact) mass is 326 g/mol. The third-order valence-electron chi connectivity index (χ3n) is 3.47. The molecule has 0 radical (unpaired) electrons. The average molecular weight is 326 g/mol. The molecule has 0 bridgehead atoms. The molecule has 0 saturated heterocycles. The van der Waals surface area contributed by atoms with Gasteiger partial charge in [0.25, 0.3) is 5.91 Å². The molecule has 0 saturated carbocycles. The molecule has 6 heteroatoms. The number of anilines is 1. The number of carbonyl (C=O) groups is 1. The second-order valence-electron chi connectivity index (χ2n) is 5.40. The van der Waals surface area contributed by atoms with Crippen LogP contribution in [0.1, 0.15) is 27.4 Å². The second-order valence-corrected chi connectivity index (χ2v) is 6.24. The Morgan fingerprint density at radius 2 is 2.04 bits per heavy atom. The van der Waals surface area contributed by atoms with Crippen LogP contribution in [0, 0.1) is 13.8 Å². The fraction of sp³-hybridized carbons (Fsp3) is 0.235. The molecular weight excluding hydrogens is 308 g/mol. The van der Waals surface area contributed by atoms with Gasteiger partial charge in [0.05, 0.1) is 5.69 Å². The molecular formula is C17H18N4OS. The third kappa shape index (κ3) is 3.65. The summed E-state index contributed by atoms with van der Waals surface area (Å²) in [5.74, 6) is -0.125. The number of nitrogens with one attached hydrogen (secondary N) is 1. The average Bonchev–Trinajstić information content (AvgIpc) is 3.17. The number of rotatable bonds is 5. The van der Waals surface area contributed by atoms with Crippen LogP contribution >= 0.6 is 11.3 Å². The van der Waals surface area contributed by atoms with E-state index >= 15 is 0 Å². The number of hydrogen-bond acceptors (Lipinski definition) is 4. The lowest BCUT2D eigenvalue weighted by Crippen LogP contribution is -2.33. The van der Waals surface area contributed by atoms with Gasteiger partial charge in [0, 0.05) is 17.6 Å². The number of thiazole rings is 1. The van der Waals surface area contributed by atoms with Gasteiger partial charge in [-0.05, 0) is 31.9 Å². The highest BCUT2D eigenvalue weighted by Crippen LogP contribution is 2.22. The van der Waals surface area contributed by atoms with Gasteiger partial charge < -0.3 is 0 Å². The molecule has 2 aromatic heterocycles. The number of nitrogens with zero attached hydrogens (tertiary/aromatic N) is 3. The Morgan fingerprint density at radius 1 is 1.26 bits per heavy atom. The Morgan fingerprint density at radius 3 is 2.65 bits per heavy atom. The standard InChI is InChI=1S/C17H18N4OS/c1-12-10-15(20-19-12)16(22)21(17-18-13(2)11-23-17)9-8-14-6-4-3-5-7-14/h3-7,10-11H,8-9H2,1-2H3,(H,19,20). The van der Waals surface area contributed by atoms with Crippen molar-refractivity contribution in [3.63, 3.8) is 0 Å². The van der Waals surface area contributed by atoms with Gasteiger partial charge in [0.2, 0.25) is 0 Å². The smallest absolute Gasteiger partial charge is 0.280 e. The zero-order valence-electron chi connectivity index (χ0n) is 13.1. The van der Waals surface area contributed by atoms with E-state index in [0.717, 1.165) is 17.8 Å². The summed E-state index contributed by atoms with van der Waals surface area (Å²) in [6.07, 6.45) is 0.772. The lowest BCUT2D eigenvalue weighted by atomic mass is 10.1. The summed E-state index contributed by atoms with van der Waals surface area (Å²) in [5.41, 5.74) is 3.40. The Balaban J connectivity index is 1.83. The summed E-state index contributed by atoms with van der Waals surface area (Å²) in [5, 5.41) is 9.57. The van der Waals surface area contributed by atoms with Crippen LogP contribution in [-0.4, -0.2) is 27.6 Å². The molecule has 3 rings (SSSR count). The van der Waals surface area contributed by atoms with Crippen LogP contribution < -0.4 is 4.90 Å². The van der Waals surface area contributed by atoms with E-state index in [2.05, 4.69) is 27.3 Å². The lowest BCUT2D eigenvalue weighted by Gasteiger charge is -2.18. The summed E-state index contributed by atoms with van der Waals surface area (Å²) in [7, 11) is 0. The fourth-order valence-corrected chi connectivity index (χ4v) is 3.13. The SMILES string of the molecule is Cc1csc(N(CCc2ccccc2)C(=O)c2cc(C)[nH]n2)n1. The molecule has 0 spiro atoms. The first kappa shape index (κ1) is 15.4. The van der Waals surface area contributed by atoms with E-state index in [-0.39, 0.29) is 5.91 Å². The Labute approximate surface area is 139 Å². The molecule has 3 aromatic rings. The zero-order chi connectivity index (χ0) is 16.2. The van der Waals surface area contributed by atoms with Gasteiger partial charge in [-0.15, -0.1) is 11.3 Å². The van der Waals surface area contributed by atoms with E-state index in [9.17, 15) is 4.79 Å². The van der Waals surface area contributed by atoms with Crippen LogP contribution in [0.25, 0.3) is 0 Å². The molecule has 0 aliphatic rings. The predicted octanol–water partition coefficient (Wildman–Crippen LogP) is 3.37. The minimum absolute atomic E-state index is 0.125. The Bertz CT molecular complexity index is 794. The second kappa shape index (κ2) is 6.75. The molecule has 1 aromatic carbocycles. The molecule has 0 aliphatic carbocycles. The number of H-pyrrole nitrogens is 1. The minimum atomic E-state index is -0.125. The molecule has 1 N–H and O–H groups in total. The van der Waals surface area contributed by atoms with Gasteiger partial charge in [0.15, 0.2) is 10.8 Å². The van der Waals surface area contributed by atoms with Crippen LogP contribution in [0.15, 0.2) is 41.8 Å². The van der Waals surface area contributed by atoms with E-state index in [1.54, 1.807) is 11.0 Å². The summed E-state index contributed by atoms with van der Waals surface area (Å²) >= 11 is 1.48. The van der Waals surface area contributed by atoms with Gasteiger partial charge >= 0.3 is 0 Å². The molecule has 0 fully saturated rings. The molecule has 5 nitrogen and oxygen atoms in total. The van der Waals surface area contributed by atoms with Crippen molar-refractivity contribution in [2.24, 2.45) is 0 Å². The zero-order valence-corrected chi connectivity index (χ0v) is 13.9. The van der Waals surface area contributed by atoms with E-state index in [4.69, 9.17) is 0 Å². The highest BCUT2D eigenvalue weighted by atomic mass is 32.1. The highest BCUT2D eigenvalue weighted by molar-refractivity contribution is 7.14. The van der Waals surface area contributed by atoms with E-state index in [1.807, 2.05) is 37.4 Å². The first-order chi connectivity index (χ1) is 11.1. The van der Waals surface area contributed by atoms with Gasteiger partial charge in [-0.1, -0.05) is 30.3 Å². The van der Waals surface area contributed by atoms with Crippen LogP contribution in [0.2, 0.25) is 0 Å². The maximum absolute atomic E-state index is 12.8. The number of hydrogen-bond donors (Lipinski definition) is 1. The quantitative estimate of drug-likeness (QED) is 0.782. The maximum atomic E-state index is 12.8. The molecule has 1 amide bonds. The summed E-state index contributed by atoms with van der Waals surface area (Å²) in [6.45, 7) is 4.38. The first-order valence-corrected chi connectivity index (χ1v) is 8.31. The van der Waals surface area contributed by atoms with Crippen molar-refractivity contribution < 1.29 is 4.79 Å². The van der Waals surface area contributed by atoms with Gasteiger partial charge in [-0.2, -0.15) is 5.10 Å². The largest absolute Gasteiger partial charge is 0.282 e. The summed E-state index contributed by atoms with van der Waals surface area (Å²) in [4.78, 5) is 19.0. The molecule has 118 valence electrons. The third-order valence-corrected chi connectivity index (χ3v) is 4.46. The number of aromatic nitrogens is 3. The number of carbonyl (C=O) groups excluding carboxylic acids is 1. The van der Waals surface area contributed by atoms with E-state index in [0.29, 0.717) is 17.4 Å². The molecule has 0 unspecified atom stereocenters.